The monoisotopic (exact) mass is 443 g/mol. The SMILES string of the molecule is Cc1onc(C(=O)N2CCN(Cc3ccc(Cl)cc3)CC2)c1COc1ccccc1F. The minimum absolute atomic E-state index is 0.00781. The predicted octanol–water partition coefficient (Wildman–Crippen LogP) is 4.31. The average molecular weight is 444 g/mol. The normalized spacial score (nSPS) is 14.6. The van der Waals surface area contributed by atoms with E-state index in [2.05, 4.69) is 10.1 Å². The topological polar surface area (TPSA) is 58.8 Å². The minimum atomic E-state index is -0.457. The lowest BCUT2D eigenvalue weighted by Crippen LogP contribution is -2.48. The Morgan fingerprint density at radius 3 is 2.55 bits per heavy atom. The molecule has 2 heterocycles. The van der Waals surface area contributed by atoms with Gasteiger partial charge in [-0.15, -0.1) is 0 Å². The van der Waals surface area contributed by atoms with Gasteiger partial charge in [-0.1, -0.05) is 41.0 Å². The number of aromatic nitrogens is 1. The molecule has 1 amide bonds. The van der Waals surface area contributed by atoms with E-state index in [4.69, 9.17) is 20.9 Å². The first-order chi connectivity index (χ1) is 15.0. The van der Waals surface area contributed by atoms with Gasteiger partial charge in [-0.2, -0.15) is 0 Å². The van der Waals surface area contributed by atoms with Crippen LogP contribution in [0.2, 0.25) is 5.02 Å². The molecule has 0 saturated carbocycles. The molecule has 0 bridgehead atoms. The molecule has 1 saturated heterocycles. The molecule has 4 rings (SSSR count). The van der Waals surface area contributed by atoms with Crippen molar-refractivity contribution in [2.45, 2.75) is 20.1 Å². The number of ether oxygens (including phenoxy) is 1. The highest BCUT2D eigenvalue weighted by Crippen LogP contribution is 2.22. The van der Waals surface area contributed by atoms with Gasteiger partial charge in [-0.25, -0.2) is 4.39 Å². The van der Waals surface area contributed by atoms with Crippen molar-refractivity contribution in [2.75, 3.05) is 26.2 Å². The second-order valence-electron chi connectivity index (χ2n) is 7.48. The molecular weight excluding hydrogens is 421 g/mol. The fourth-order valence-electron chi connectivity index (χ4n) is 3.55. The predicted molar refractivity (Wildman–Crippen MR) is 115 cm³/mol. The molecule has 8 heteroatoms. The van der Waals surface area contributed by atoms with Crippen molar-refractivity contribution in [2.24, 2.45) is 0 Å². The van der Waals surface area contributed by atoms with Crippen LogP contribution in [-0.2, 0) is 13.2 Å². The summed E-state index contributed by atoms with van der Waals surface area (Å²) in [5.41, 5.74) is 1.95. The van der Waals surface area contributed by atoms with Crippen LogP contribution in [0.5, 0.6) is 5.75 Å². The average Bonchev–Trinajstić information content (AvgIpc) is 3.15. The number of piperazine rings is 1. The van der Waals surface area contributed by atoms with E-state index in [-0.39, 0.29) is 24.0 Å². The Bertz CT molecular complexity index is 1050. The summed E-state index contributed by atoms with van der Waals surface area (Å²) in [6.07, 6.45) is 0. The molecule has 3 aromatic rings. The number of carbonyl (C=O) groups excluding carboxylic acids is 1. The van der Waals surface area contributed by atoms with Crippen molar-refractivity contribution >= 4 is 17.5 Å². The van der Waals surface area contributed by atoms with E-state index in [9.17, 15) is 9.18 Å². The summed E-state index contributed by atoms with van der Waals surface area (Å²) < 4.78 is 24.6. The lowest BCUT2D eigenvalue weighted by Gasteiger charge is -2.34. The van der Waals surface area contributed by atoms with Gasteiger partial charge in [0.25, 0.3) is 5.91 Å². The van der Waals surface area contributed by atoms with Crippen molar-refractivity contribution < 1.29 is 18.4 Å². The summed E-state index contributed by atoms with van der Waals surface area (Å²) in [5.74, 6) is -0.0465. The Morgan fingerprint density at radius 2 is 1.84 bits per heavy atom. The van der Waals surface area contributed by atoms with Crippen molar-refractivity contribution in [3.63, 3.8) is 0 Å². The zero-order valence-electron chi connectivity index (χ0n) is 17.2. The van der Waals surface area contributed by atoms with Gasteiger partial charge in [0, 0.05) is 37.7 Å². The Labute approximate surface area is 185 Å². The second kappa shape index (κ2) is 9.49. The van der Waals surface area contributed by atoms with E-state index >= 15 is 0 Å². The summed E-state index contributed by atoms with van der Waals surface area (Å²) in [5, 5.41) is 4.67. The van der Waals surface area contributed by atoms with Crippen LogP contribution in [0.4, 0.5) is 4.39 Å². The first kappa shape index (κ1) is 21.3. The maximum Gasteiger partial charge on any atom is 0.276 e. The van der Waals surface area contributed by atoms with E-state index in [1.165, 1.54) is 11.6 Å². The summed E-state index contributed by atoms with van der Waals surface area (Å²) in [7, 11) is 0. The minimum Gasteiger partial charge on any atom is -0.486 e. The standard InChI is InChI=1S/C23H23ClFN3O3/c1-16-19(15-30-21-5-3-2-4-20(21)25)22(26-31-16)23(29)28-12-10-27(11-13-28)14-17-6-8-18(24)9-7-17/h2-9H,10-15H2,1H3. The number of halogens is 2. The zero-order valence-corrected chi connectivity index (χ0v) is 17.9. The molecule has 0 spiro atoms. The maximum absolute atomic E-state index is 13.8. The van der Waals surface area contributed by atoms with Gasteiger partial charge in [-0.3, -0.25) is 9.69 Å². The summed E-state index contributed by atoms with van der Waals surface area (Å²) in [6.45, 7) is 5.22. The van der Waals surface area contributed by atoms with Crippen LogP contribution < -0.4 is 4.74 Å². The molecule has 1 aliphatic heterocycles. The van der Waals surface area contributed by atoms with E-state index in [0.717, 1.165) is 24.7 Å². The molecule has 0 atom stereocenters. The van der Waals surface area contributed by atoms with Crippen LogP contribution >= 0.6 is 11.6 Å². The van der Waals surface area contributed by atoms with E-state index in [1.54, 1.807) is 30.0 Å². The Kier molecular flexibility index (Phi) is 6.53. The van der Waals surface area contributed by atoms with Gasteiger partial charge in [0.1, 0.15) is 12.4 Å². The van der Waals surface area contributed by atoms with Crippen LogP contribution in [0.15, 0.2) is 53.1 Å². The number of nitrogens with zero attached hydrogens (tertiary/aromatic N) is 3. The summed E-state index contributed by atoms with van der Waals surface area (Å²) in [6, 6.07) is 13.9. The summed E-state index contributed by atoms with van der Waals surface area (Å²) >= 11 is 5.95. The van der Waals surface area contributed by atoms with Gasteiger partial charge >= 0.3 is 0 Å². The molecule has 6 nitrogen and oxygen atoms in total. The number of para-hydroxylation sites is 1. The van der Waals surface area contributed by atoms with Gasteiger partial charge in [0.05, 0.1) is 5.56 Å². The van der Waals surface area contributed by atoms with Crippen molar-refractivity contribution in [3.8, 4) is 5.75 Å². The van der Waals surface area contributed by atoms with Gasteiger partial charge in [-0.05, 0) is 36.8 Å². The first-order valence-corrected chi connectivity index (χ1v) is 10.5. The lowest BCUT2D eigenvalue weighted by molar-refractivity contribution is 0.0616. The van der Waals surface area contributed by atoms with E-state index in [1.807, 2.05) is 24.3 Å². The first-order valence-electron chi connectivity index (χ1n) is 10.1. The van der Waals surface area contributed by atoms with Crippen LogP contribution in [0.25, 0.3) is 0 Å². The smallest absolute Gasteiger partial charge is 0.276 e. The zero-order chi connectivity index (χ0) is 21.8. The quantitative estimate of drug-likeness (QED) is 0.568. The number of carbonyl (C=O) groups is 1. The Hall–Kier alpha value is -2.90. The molecule has 162 valence electrons. The molecule has 0 radical (unpaired) electrons. The number of aryl methyl sites for hydroxylation is 1. The molecular formula is C23H23ClFN3O3. The molecule has 2 aromatic carbocycles. The van der Waals surface area contributed by atoms with E-state index < -0.39 is 5.82 Å². The van der Waals surface area contributed by atoms with Crippen molar-refractivity contribution in [1.82, 2.24) is 15.0 Å². The molecule has 1 fully saturated rings. The summed E-state index contributed by atoms with van der Waals surface area (Å²) in [4.78, 5) is 17.1. The largest absolute Gasteiger partial charge is 0.486 e. The van der Waals surface area contributed by atoms with Crippen LogP contribution in [-0.4, -0.2) is 47.0 Å². The second-order valence-corrected chi connectivity index (χ2v) is 7.92. The Morgan fingerprint density at radius 1 is 1.13 bits per heavy atom. The third-order valence-electron chi connectivity index (χ3n) is 5.37. The maximum atomic E-state index is 13.8. The van der Waals surface area contributed by atoms with Crippen LogP contribution in [0.1, 0.15) is 27.4 Å². The number of amides is 1. The van der Waals surface area contributed by atoms with Crippen molar-refractivity contribution in [3.05, 3.63) is 82.0 Å². The molecule has 1 aromatic heterocycles. The van der Waals surface area contributed by atoms with Gasteiger partial charge in [0.2, 0.25) is 0 Å². The van der Waals surface area contributed by atoms with E-state index in [0.29, 0.717) is 24.4 Å². The molecule has 0 aliphatic carbocycles. The molecule has 31 heavy (non-hydrogen) atoms. The third kappa shape index (κ3) is 5.06. The number of hydrogen-bond donors (Lipinski definition) is 0. The van der Waals surface area contributed by atoms with Gasteiger partial charge in [0.15, 0.2) is 17.3 Å². The lowest BCUT2D eigenvalue weighted by atomic mass is 10.1. The fourth-order valence-corrected chi connectivity index (χ4v) is 3.67. The molecule has 1 aliphatic rings. The van der Waals surface area contributed by atoms with Crippen LogP contribution in [0.3, 0.4) is 0 Å². The van der Waals surface area contributed by atoms with Crippen molar-refractivity contribution in [1.29, 1.82) is 0 Å². The number of rotatable bonds is 6. The highest BCUT2D eigenvalue weighted by molar-refractivity contribution is 6.30. The molecule has 0 N–H and O–H groups in total. The highest BCUT2D eigenvalue weighted by Gasteiger charge is 2.28. The van der Waals surface area contributed by atoms with Crippen LogP contribution in [0, 0.1) is 12.7 Å². The Balaban J connectivity index is 1.37. The fraction of sp³-hybridized carbons (Fsp3) is 0.304. The molecule has 0 unspecified atom stereocenters. The third-order valence-corrected chi connectivity index (χ3v) is 5.63. The van der Waals surface area contributed by atoms with Gasteiger partial charge < -0.3 is 14.2 Å². The highest BCUT2D eigenvalue weighted by atomic mass is 35.5. The number of hydrogen-bond acceptors (Lipinski definition) is 5. The number of benzene rings is 2.